The summed E-state index contributed by atoms with van der Waals surface area (Å²) in [5.41, 5.74) is 0.633. The van der Waals surface area contributed by atoms with Crippen molar-refractivity contribution in [2.75, 3.05) is 14.2 Å². The highest BCUT2D eigenvalue weighted by Crippen LogP contribution is 2.21. The number of benzene rings is 1. The van der Waals surface area contributed by atoms with Gasteiger partial charge in [0.2, 0.25) is 5.76 Å². The Hall–Kier alpha value is -4.08. The molecule has 1 aromatic heterocycles. The first-order valence-electron chi connectivity index (χ1n) is 9.18. The number of esters is 2. The molecule has 162 valence electrons. The van der Waals surface area contributed by atoms with Gasteiger partial charge in [0.05, 0.1) is 20.8 Å². The number of carbonyl (C=O) groups excluding carboxylic acids is 4. The average Bonchev–Trinajstić information content (AvgIpc) is 3.33. The zero-order valence-electron chi connectivity index (χ0n) is 17.0. The number of nitrogens with zero attached hydrogens (tertiary/aromatic N) is 1. The quantitative estimate of drug-likeness (QED) is 0.404. The largest absolute Gasteiger partial charge is 0.479 e. The molecule has 1 aliphatic heterocycles. The second-order valence-electron chi connectivity index (χ2n) is 6.49. The smallest absolute Gasteiger partial charge is 0.373 e. The number of furan rings is 1. The lowest BCUT2D eigenvalue weighted by molar-refractivity contribution is -0.147. The maximum atomic E-state index is 12.7. The molecule has 0 aliphatic carbocycles. The van der Waals surface area contributed by atoms with Gasteiger partial charge in [0.1, 0.15) is 17.2 Å². The Morgan fingerprint density at radius 3 is 2.65 bits per heavy atom. The number of hydrogen-bond donors (Lipinski definition) is 1. The molecule has 1 fully saturated rings. The Morgan fingerprint density at radius 2 is 1.94 bits per heavy atom. The SMILES string of the molecule is COC(=O)c1ccc(CN2C(=O)N/C(=C\c3cccc(O[C@H](C)C(=O)OC)c3)C2=O)o1. The van der Waals surface area contributed by atoms with Crippen molar-refractivity contribution in [3.63, 3.8) is 0 Å². The lowest BCUT2D eigenvalue weighted by Gasteiger charge is -2.12. The van der Waals surface area contributed by atoms with Gasteiger partial charge >= 0.3 is 18.0 Å². The third kappa shape index (κ3) is 4.92. The zero-order valence-corrected chi connectivity index (χ0v) is 17.0. The molecular formula is C21H20N2O8. The maximum absolute atomic E-state index is 12.7. The fourth-order valence-electron chi connectivity index (χ4n) is 2.81. The lowest BCUT2D eigenvalue weighted by atomic mass is 10.1. The molecule has 1 saturated heterocycles. The van der Waals surface area contributed by atoms with Gasteiger partial charge in [-0.1, -0.05) is 12.1 Å². The van der Waals surface area contributed by atoms with Gasteiger partial charge in [0.25, 0.3) is 5.91 Å². The monoisotopic (exact) mass is 428 g/mol. The van der Waals surface area contributed by atoms with Crippen LogP contribution in [0.1, 0.15) is 28.8 Å². The summed E-state index contributed by atoms with van der Waals surface area (Å²) in [5, 5.41) is 2.50. The van der Waals surface area contributed by atoms with Crippen LogP contribution >= 0.6 is 0 Å². The summed E-state index contributed by atoms with van der Waals surface area (Å²) in [4.78, 5) is 48.8. The highest BCUT2D eigenvalue weighted by atomic mass is 16.6. The highest BCUT2D eigenvalue weighted by Gasteiger charge is 2.34. The summed E-state index contributed by atoms with van der Waals surface area (Å²) < 4.78 is 20.0. The van der Waals surface area contributed by atoms with Gasteiger partial charge in [0, 0.05) is 0 Å². The standard InChI is InChI=1S/C21H20N2O8/c1-12(19(25)28-2)30-14-6-4-5-13(9-14)10-16-18(24)23(21(27)22-16)11-15-7-8-17(31-15)20(26)29-3/h4-10,12H,11H2,1-3H3,(H,22,27)/b16-10-/t12-/m1/s1. The molecular weight excluding hydrogens is 408 g/mol. The zero-order chi connectivity index (χ0) is 22.5. The van der Waals surface area contributed by atoms with Crippen LogP contribution in [0.5, 0.6) is 5.75 Å². The van der Waals surface area contributed by atoms with Crippen LogP contribution in [0.25, 0.3) is 6.08 Å². The summed E-state index contributed by atoms with van der Waals surface area (Å²) in [7, 11) is 2.48. The number of amides is 3. The number of carbonyl (C=O) groups is 4. The molecule has 1 aliphatic rings. The van der Waals surface area contributed by atoms with Gasteiger partial charge in [-0.15, -0.1) is 0 Å². The molecule has 1 aromatic carbocycles. The van der Waals surface area contributed by atoms with Gasteiger partial charge in [-0.3, -0.25) is 9.69 Å². The fourth-order valence-corrected chi connectivity index (χ4v) is 2.81. The first kappa shape index (κ1) is 21.6. The number of ether oxygens (including phenoxy) is 3. The van der Waals surface area contributed by atoms with Crippen molar-refractivity contribution in [1.29, 1.82) is 0 Å². The van der Waals surface area contributed by atoms with E-state index in [2.05, 4.69) is 14.8 Å². The van der Waals surface area contributed by atoms with E-state index < -0.39 is 30.0 Å². The third-order valence-corrected chi connectivity index (χ3v) is 4.34. The summed E-state index contributed by atoms with van der Waals surface area (Å²) in [6.45, 7) is 1.40. The third-order valence-electron chi connectivity index (χ3n) is 4.34. The van der Waals surface area contributed by atoms with Crippen molar-refractivity contribution in [3.8, 4) is 5.75 Å². The predicted molar refractivity (Wildman–Crippen MR) is 106 cm³/mol. The second-order valence-corrected chi connectivity index (χ2v) is 6.49. The van der Waals surface area contributed by atoms with Gasteiger partial charge in [-0.2, -0.15) is 0 Å². The minimum Gasteiger partial charge on any atom is -0.479 e. The minimum atomic E-state index is -0.806. The van der Waals surface area contributed by atoms with E-state index in [1.807, 2.05) is 0 Å². The molecule has 3 rings (SSSR count). The van der Waals surface area contributed by atoms with Gasteiger partial charge in [0.15, 0.2) is 6.10 Å². The van der Waals surface area contributed by atoms with E-state index in [0.717, 1.165) is 4.90 Å². The van der Waals surface area contributed by atoms with E-state index in [1.54, 1.807) is 31.2 Å². The minimum absolute atomic E-state index is 0.0293. The molecule has 0 saturated carbocycles. The maximum Gasteiger partial charge on any atom is 0.373 e. The van der Waals surface area contributed by atoms with Gasteiger partial charge < -0.3 is 23.9 Å². The van der Waals surface area contributed by atoms with Crippen LogP contribution in [-0.2, 0) is 25.6 Å². The van der Waals surface area contributed by atoms with E-state index >= 15 is 0 Å². The van der Waals surface area contributed by atoms with Crippen LogP contribution in [0.3, 0.4) is 0 Å². The molecule has 10 nitrogen and oxygen atoms in total. The van der Waals surface area contributed by atoms with Crippen LogP contribution < -0.4 is 10.1 Å². The van der Waals surface area contributed by atoms with Crippen molar-refractivity contribution in [3.05, 3.63) is 59.2 Å². The van der Waals surface area contributed by atoms with Crippen molar-refractivity contribution in [2.45, 2.75) is 19.6 Å². The normalized spacial score (nSPS) is 15.6. The molecule has 1 N–H and O–H groups in total. The van der Waals surface area contributed by atoms with E-state index in [4.69, 9.17) is 9.15 Å². The Morgan fingerprint density at radius 1 is 1.16 bits per heavy atom. The molecule has 3 amide bonds. The Labute approximate surface area is 177 Å². The van der Waals surface area contributed by atoms with E-state index in [1.165, 1.54) is 32.4 Å². The number of urea groups is 1. The summed E-state index contributed by atoms with van der Waals surface area (Å²) >= 11 is 0. The number of hydrogen-bond acceptors (Lipinski definition) is 8. The van der Waals surface area contributed by atoms with Crippen molar-refractivity contribution in [2.24, 2.45) is 0 Å². The first-order chi connectivity index (χ1) is 14.8. The number of imide groups is 1. The van der Waals surface area contributed by atoms with Crippen molar-refractivity contribution in [1.82, 2.24) is 10.2 Å². The van der Waals surface area contributed by atoms with Crippen LogP contribution in [-0.4, -0.2) is 49.1 Å². The topological polar surface area (TPSA) is 124 Å². The van der Waals surface area contributed by atoms with Gasteiger partial charge in [-0.25, -0.2) is 14.4 Å². The fraction of sp³-hybridized carbons (Fsp3) is 0.238. The van der Waals surface area contributed by atoms with E-state index in [-0.39, 0.29) is 23.8 Å². The van der Waals surface area contributed by atoms with Crippen molar-refractivity contribution >= 4 is 30.0 Å². The Kier molecular flexibility index (Phi) is 6.39. The van der Waals surface area contributed by atoms with Crippen LogP contribution in [0.15, 0.2) is 46.5 Å². The summed E-state index contributed by atoms with van der Waals surface area (Å²) in [6, 6.07) is 8.91. The molecule has 0 bridgehead atoms. The lowest BCUT2D eigenvalue weighted by Crippen LogP contribution is -2.30. The summed E-state index contributed by atoms with van der Waals surface area (Å²) in [5.74, 6) is -1.13. The van der Waals surface area contributed by atoms with Crippen LogP contribution in [0.4, 0.5) is 4.79 Å². The average molecular weight is 428 g/mol. The van der Waals surface area contributed by atoms with E-state index in [0.29, 0.717) is 11.3 Å². The molecule has 31 heavy (non-hydrogen) atoms. The van der Waals surface area contributed by atoms with Crippen LogP contribution in [0, 0.1) is 0 Å². The summed E-state index contributed by atoms with van der Waals surface area (Å²) in [6.07, 6.45) is 0.678. The molecule has 10 heteroatoms. The van der Waals surface area contributed by atoms with Crippen LogP contribution in [0.2, 0.25) is 0 Å². The number of methoxy groups -OCH3 is 2. The Balaban J connectivity index is 1.73. The molecule has 2 heterocycles. The molecule has 0 spiro atoms. The Bertz CT molecular complexity index is 1060. The van der Waals surface area contributed by atoms with Crippen molar-refractivity contribution < 1.29 is 37.8 Å². The molecule has 0 unspecified atom stereocenters. The van der Waals surface area contributed by atoms with E-state index in [9.17, 15) is 19.2 Å². The second kappa shape index (κ2) is 9.16. The molecule has 0 radical (unpaired) electrons. The molecule has 1 atom stereocenters. The molecule has 2 aromatic rings. The number of rotatable bonds is 7. The highest BCUT2D eigenvalue weighted by molar-refractivity contribution is 6.13. The predicted octanol–water partition coefficient (Wildman–Crippen LogP) is 2.10. The van der Waals surface area contributed by atoms with Gasteiger partial charge in [-0.05, 0) is 42.8 Å². The first-order valence-corrected chi connectivity index (χ1v) is 9.18. The number of nitrogens with one attached hydrogen (secondary N) is 1.